The first-order valence-corrected chi connectivity index (χ1v) is 8.56. The molecular formula is C17H35NO. The van der Waals surface area contributed by atoms with Crippen molar-refractivity contribution < 1.29 is 5.11 Å². The summed E-state index contributed by atoms with van der Waals surface area (Å²) in [6.45, 7) is 5.18. The van der Waals surface area contributed by atoms with Crippen LogP contribution in [-0.2, 0) is 0 Å². The van der Waals surface area contributed by atoms with E-state index in [4.69, 9.17) is 5.73 Å². The number of hydrogen-bond acceptors (Lipinski definition) is 2. The number of rotatable bonds is 9. The molecule has 3 atom stereocenters. The number of aliphatic hydroxyl groups is 1. The van der Waals surface area contributed by atoms with Gasteiger partial charge in [0.05, 0.1) is 6.10 Å². The Morgan fingerprint density at radius 2 is 1.95 bits per heavy atom. The molecule has 0 aromatic rings. The van der Waals surface area contributed by atoms with Crippen LogP contribution in [0.2, 0.25) is 0 Å². The smallest absolute Gasteiger partial charge is 0.0608 e. The van der Waals surface area contributed by atoms with E-state index in [1.807, 2.05) is 0 Å². The van der Waals surface area contributed by atoms with Crippen LogP contribution in [0.3, 0.4) is 0 Å². The number of hydrogen-bond donors (Lipinski definition) is 2. The fourth-order valence-electron chi connectivity index (χ4n) is 3.74. The minimum atomic E-state index is -0.173. The average molecular weight is 269 g/mol. The largest absolute Gasteiger partial charge is 0.393 e. The van der Waals surface area contributed by atoms with E-state index < -0.39 is 0 Å². The lowest BCUT2D eigenvalue weighted by Crippen LogP contribution is -2.45. The topological polar surface area (TPSA) is 46.2 Å². The fraction of sp³-hybridized carbons (Fsp3) is 1.00. The van der Waals surface area contributed by atoms with Crippen LogP contribution >= 0.6 is 0 Å². The molecule has 3 N–H and O–H groups in total. The number of nitrogens with two attached hydrogens (primary N) is 1. The SMILES string of the molecule is CCCCCCCC(O)C1(CN)CCCC(CC)C1. The molecule has 0 aliphatic heterocycles. The second-order valence-corrected chi connectivity index (χ2v) is 6.66. The molecule has 19 heavy (non-hydrogen) atoms. The Kier molecular flexibility index (Phi) is 8.01. The minimum Gasteiger partial charge on any atom is -0.393 e. The molecule has 1 saturated carbocycles. The van der Waals surface area contributed by atoms with Crippen molar-refractivity contribution in [3.05, 3.63) is 0 Å². The molecule has 1 aliphatic rings. The van der Waals surface area contributed by atoms with Gasteiger partial charge in [-0.1, -0.05) is 65.2 Å². The van der Waals surface area contributed by atoms with Gasteiger partial charge in [0.15, 0.2) is 0 Å². The quantitative estimate of drug-likeness (QED) is 0.615. The fourth-order valence-corrected chi connectivity index (χ4v) is 3.74. The predicted molar refractivity (Wildman–Crippen MR) is 83.1 cm³/mol. The Hall–Kier alpha value is -0.0800. The monoisotopic (exact) mass is 269 g/mol. The van der Waals surface area contributed by atoms with E-state index in [1.54, 1.807) is 0 Å². The second-order valence-electron chi connectivity index (χ2n) is 6.66. The van der Waals surface area contributed by atoms with E-state index >= 15 is 0 Å². The van der Waals surface area contributed by atoms with Crippen LogP contribution in [0.15, 0.2) is 0 Å². The van der Waals surface area contributed by atoms with E-state index in [0.29, 0.717) is 6.54 Å². The van der Waals surface area contributed by atoms with Gasteiger partial charge in [-0.25, -0.2) is 0 Å². The Bertz CT molecular complexity index is 231. The molecule has 1 fully saturated rings. The number of aliphatic hydroxyl groups excluding tert-OH is 1. The first-order valence-electron chi connectivity index (χ1n) is 8.56. The van der Waals surface area contributed by atoms with E-state index in [0.717, 1.165) is 25.2 Å². The van der Waals surface area contributed by atoms with Gasteiger partial charge < -0.3 is 10.8 Å². The maximum Gasteiger partial charge on any atom is 0.0608 e. The van der Waals surface area contributed by atoms with Crippen LogP contribution in [-0.4, -0.2) is 17.8 Å². The summed E-state index contributed by atoms with van der Waals surface area (Å²) in [7, 11) is 0. The van der Waals surface area contributed by atoms with E-state index in [-0.39, 0.29) is 11.5 Å². The summed E-state index contributed by atoms with van der Waals surface area (Å²) < 4.78 is 0. The Labute approximate surface area is 120 Å². The highest BCUT2D eigenvalue weighted by atomic mass is 16.3. The van der Waals surface area contributed by atoms with Gasteiger partial charge >= 0.3 is 0 Å². The molecule has 0 aromatic carbocycles. The minimum absolute atomic E-state index is 0.0314. The van der Waals surface area contributed by atoms with Gasteiger partial charge in [-0.15, -0.1) is 0 Å². The lowest BCUT2D eigenvalue weighted by atomic mass is 9.65. The zero-order chi connectivity index (χ0) is 14.1. The Morgan fingerprint density at radius 3 is 2.58 bits per heavy atom. The molecule has 0 spiro atoms. The zero-order valence-corrected chi connectivity index (χ0v) is 13.2. The lowest BCUT2D eigenvalue weighted by molar-refractivity contribution is -0.0202. The van der Waals surface area contributed by atoms with Gasteiger partial charge in [0, 0.05) is 12.0 Å². The van der Waals surface area contributed by atoms with Crippen LogP contribution in [0.1, 0.15) is 84.5 Å². The first kappa shape index (κ1) is 17.0. The molecule has 0 aromatic heterocycles. The average Bonchev–Trinajstić information content (AvgIpc) is 2.46. The number of unbranched alkanes of at least 4 members (excludes halogenated alkanes) is 4. The highest BCUT2D eigenvalue weighted by molar-refractivity contribution is 4.92. The summed E-state index contributed by atoms with van der Waals surface area (Å²) >= 11 is 0. The maximum atomic E-state index is 10.6. The summed E-state index contributed by atoms with van der Waals surface area (Å²) in [6.07, 6.45) is 13.3. The van der Waals surface area contributed by atoms with Crippen molar-refractivity contribution in [1.29, 1.82) is 0 Å². The van der Waals surface area contributed by atoms with Crippen molar-refractivity contribution in [2.45, 2.75) is 90.6 Å². The lowest BCUT2D eigenvalue weighted by Gasteiger charge is -2.43. The standard InChI is InChI=1S/C17H35NO/c1-3-5-6-7-8-11-16(19)17(14-18)12-9-10-15(4-2)13-17/h15-16,19H,3-14,18H2,1-2H3. The van der Waals surface area contributed by atoms with Crippen molar-refractivity contribution in [1.82, 2.24) is 0 Å². The first-order chi connectivity index (χ1) is 9.18. The Morgan fingerprint density at radius 1 is 1.21 bits per heavy atom. The summed E-state index contributed by atoms with van der Waals surface area (Å²) in [6, 6.07) is 0. The maximum absolute atomic E-state index is 10.6. The summed E-state index contributed by atoms with van der Waals surface area (Å²) in [5.41, 5.74) is 6.08. The van der Waals surface area contributed by atoms with Crippen LogP contribution in [0.5, 0.6) is 0 Å². The molecule has 0 amide bonds. The molecule has 3 unspecified atom stereocenters. The molecule has 0 heterocycles. The van der Waals surface area contributed by atoms with Crippen LogP contribution < -0.4 is 5.73 Å². The molecule has 1 rings (SSSR count). The highest BCUT2D eigenvalue weighted by Crippen LogP contribution is 2.43. The van der Waals surface area contributed by atoms with Crippen molar-refractivity contribution in [2.75, 3.05) is 6.54 Å². The van der Waals surface area contributed by atoms with Crippen LogP contribution in [0, 0.1) is 11.3 Å². The second kappa shape index (κ2) is 8.97. The summed E-state index contributed by atoms with van der Waals surface area (Å²) in [4.78, 5) is 0. The Balaban J connectivity index is 2.39. The molecule has 1 aliphatic carbocycles. The van der Waals surface area contributed by atoms with Gasteiger partial charge in [0.1, 0.15) is 0 Å². The molecule has 0 bridgehead atoms. The van der Waals surface area contributed by atoms with Gasteiger partial charge in [-0.2, -0.15) is 0 Å². The third kappa shape index (κ3) is 5.07. The normalized spacial score (nSPS) is 29.4. The predicted octanol–water partition coefficient (Wildman–Crippen LogP) is 4.25. The van der Waals surface area contributed by atoms with Crippen LogP contribution in [0.4, 0.5) is 0 Å². The molecule has 0 saturated heterocycles. The molecule has 114 valence electrons. The van der Waals surface area contributed by atoms with E-state index in [1.165, 1.54) is 51.4 Å². The third-order valence-corrected chi connectivity index (χ3v) is 5.25. The van der Waals surface area contributed by atoms with E-state index in [2.05, 4.69) is 13.8 Å². The molecule has 2 nitrogen and oxygen atoms in total. The third-order valence-electron chi connectivity index (χ3n) is 5.25. The molecule has 2 heteroatoms. The van der Waals surface area contributed by atoms with Crippen molar-refractivity contribution >= 4 is 0 Å². The highest BCUT2D eigenvalue weighted by Gasteiger charge is 2.40. The van der Waals surface area contributed by atoms with Crippen LogP contribution in [0.25, 0.3) is 0 Å². The van der Waals surface area contributed by atoms with Gasteiger partial charge in [0.25, 0.3) is 0 Å². The summed E-state index contributed by atoms with van der Waals surface area (Å²) in [5.74, 6) is 0.784. The van der Waals surface area contributed by atoms with Gasteiger partial charge in [-0.3, -0.25) is 0 Å². The van der Waals surface area contributed by atoms with E-state index in [9.17, 15) is 5.11 Å². The molecular weight excluding hydrogens is 234 g/mol. The van der Waals surface area contributed by atoms with Crippen molar-refractivity contribution in [3.8, 4) is 0 Å². The summed E-state index contributed by atoms with van der Waals surface area (Å²) in [5, 5.41) is 10.6. The zero-order valence-electron chi connectivity index (χ0n) is 13.2. The van der Waals surface area contributed by atoms with Crippen molar-refractivity contribution in [2.24, 2.45) is 17.1 Å². The molecule has 0 radical (unpaired) electrons. The van der Waals surface area contributed by atoms with Gasteiger partial charge in [0.2, 0.25) is 0 Å². The van der Waals surface area contributed by atoms with Crippen molar-refractivity contribution in [3.63, 3.8) is 0 Å². The van der Waals surface area contributed by atoms with Gasteiger partial charge in [-0.05, 0) is 25.2 Å².